The first kappa shape index (κ1) is 12.9. The Hall–Kier alpha value is -2.14. The number of nitrogens with zero attached hydrogens (tertiary/aromatic N) is 3. The van der Waals surface area contributed by atoms with Gasteiger partial charge in [-0.05, 0) is 36.2 Å². The zero-order valence-corrected chi connectivity index (χ0v) is 11.5. The van der Waals surface area contributed by atoms with Crippen LogP contribution in [0.5, 0.6) is 0 Å². The third-order valence-corrected chi connectivity index (χ3v) is 3.59. The molecule has 1 aromatic carbocycles. The van der Waals surface area contributed by atoms with Crippen molar-refractivity contribution >= 4 is 23.5 Å². The van der Waals surface area contributed by atoms with Gasteiger partial charge in [0.1, 0.15) is 0 Å². The smallest absolute Gasteiger partial charge is 0.254 e. The zero-order chi connectivity index (χ0) is 14.1. The molecule has 1 amide bonds. The van der Waals surface area contributed by atoms with Crippen LogP contribution in [0.25, 0.3) is 0 Å². The van der Waals surface area contributed by atoms with Gasteiger partial charge in [0.05, 0.1) is 12.2 Å². The average molecular weight is 289 g/mol. The normalized spacial score (nSPS) is 13.9. The second-order valence-corrected chi connectivity index (χ2v) is 5.12. The fraction of sp³-hybridized carbons (Fsp3) is 0.214. The molecule has 3 rings (SSSR count). The number of halogens is 1. The van der Waals surface area contributed by atoms with Crippen molar-refractivity contribution in [3.63, 3.8) is 0 Å². The van der Waals surface area contributed by atoms with Crippen LogP contribution in [-0.2, 0) is 13.0 Å². The average Bonchev–Trinajstić information content (AvgIpc) is 2.46. The second kappa shape index (κ2) is 5.09. The molecule has 6 heteroatoms. The number of nitrogen functional groups attached to an aromatic ring is 1. The summed E-state index contributed by atoms with van der Waals surface area (Å²) in [5, 5.41) is 0.617. The van der Waals surface area contributed by atoms with Gasteiger partial charge in [-0.15, -0.1) is 0 Å². The fourth-order valence-corrected chi connectivity index (χ4v) is 2.39. The van der Waals surface area contributed by atoms with Gasteiger partial charge in [-0.3, -0.25) is 4.79 Å². The van der Waals surface area contributed by atoms with Crippen molar-refractivity contribution < 1.29 is 4.79 Å². The monoisotopic (exact) mass is 288 g/mol. The highest BCUT2D eigenvalue weighted by Crippen LogP contribution is 2.19. The van der Waals surface area contributed by atoms with Crippen LogP contribution < -0.4 is 5.73 Å². The Morgan fingerprint density at radius 3 is 2.80 bits per heavy atom. The molecule has 0 atom stereocenters. The number of carbonyl (C=O) groups is 1. The summed E-state index contributed by atoms with van der Waals surface area (Å²) in [6, 6.07) is 6.89. The molecule has 5 nitrogen and oxygen atoms in total. The van der Waals surface area contributed by atoms with E-state index in [1.807, 2.05) is 0 Å². The highest BCUT2D eigenvalue weighted by molar-refractivity contribution is 6.30. The van der Waals surface area contributed by atoms with Crippen molar-refractivity contribution in [3.05, 3.63) is 52.3 Å². The van der Waals surface area contributed by atoms with Gasteiger partial charge in [-0.1, -0.05) is 11.6 Å². The van der Waals surface area contributed by atoms with E-state index < -0.39 is 0 Å². The third kappa shape index (κ3) is 2.44. The summed E-state index contributed by atoms with van der Waals surface area (Å²) in [6.45, 7) is 1.12. The number of benzene rings is 1. The van der Waals surface area contributed by atoms with Crippen LogP contribution in [0, 0.1) is 0 Å². The summed E-state index contributed by atoms with van der Waals surface area (Å²) >= 11 is 5.83. The van der Waals surface area contributed by atoms with Crippen molar-refractivity contribution in [1.29, 1.82) is 0 Å². The molecule has 0 aliphatic carbocycles. The molecular formula is C14H13ClN4O. The predicted octanol–water partition coefficient (Wildman–Crippen LogP) is 1.91. The molecule has 0 saturated heterocycles. The summed E-state index contributed by atoms with van der Waals surface area (Å²) in [4.78, 5) is 22.4. The quantitative estimate of drug-likeness (QED) is 0.870. The van der Waals surface area contributed by atoms with Crippen LogP contribution in [0.4, 0.5) is 5.95 Å². The number of amides is 1. The van der Waals surface area contributed by atoms with Crippen molar-refractivity contribution in [2.45, 2.75) is 13.0 Å². The Morgan fingerprint density at radius 1 is 1.30 bits per heavy atom. The fourth-order valence-electron chi connectivity index (χ4n) is 2.27. The molecule has 0 radical (unpaired) electrons. The summed E-state index contributed by atoms with van der Waals surface area (Å²) in [7, 11) is 0. The molecule has 2 heterocycles. The summed E-state index contributed by atoms with van der Waals surface area (Å²) in [5.41, 5.74) is 8.10. The van der Waals surface area contributed by atoms with E-state index in [0.717, 1.165) is 17.7 Å². The van der Waals surface area contributed by atoms with Crippen molar-refractivity contribution in [1.82, 2.24) is 14.9 Å². The molecule has 1 aromatic heterocycles. The molecule has 0 fully saturated rings. The lowest BCUT2D eigenvalue weighted by Crippen LogP contribution is -2.36. The van der Waals surface area contributed by atoms with Crippen LogP contribution in [0.1, 0.15) is 21.6 Å². The van der Waals surface area contributed by atoms with Crippen LogP contribution in [0.3, 0.4) is 0 Å². The number of rotatable bonds is 1. The van der Waals surface area contributed by atoms with Crippen molar-refractivity contribution in [2.75, 3.05) is 12.3 Å². The highest BCUT2D eigenvalue weighted by atomic mass is 35.5. The molecule has 2 aromatic rings. The van der Waals surface area contributed by atoms with E-state index in [4.69, 9.17) is 17.3 Å². The van der Waals surface area contributed by atoms with Gasteiger partial charge >= 0.3 is 0 Å². The van der Waals surface area contributed by atoms with E-state index >= 15 is 0 Å². The molecule has 2 N–H and O–H groups in total. The Kier molecular flexibility index (Phi) is 3.28. The number of nitrogens with two attached hydrogens (primary N) is 1. The maximum absolute atomic E-state index is 12.4. The minimum Gasteiger partial charge on any atom is -0.368 e. The van der Waals surface area contributed by atoms with Gasteiger partial charge in [0.2, 0.25) is 5.95 Å². The molecule has 1 aliphatic heterocycles. The van der Waals surface area contributed by atoms with Crippen LogP contribution >= 0.6 is 11.6 Å². The lowest BCUT2D eigenvalue weighted by Gasteiger charge is -2.28. The molecule has 20 heavy (non-hydrogen) atoms. The number of aromatic nitrogens is 2. The maximum atomic E-state index is 12.4. The van der Waals surface area contributed by atoms with E-state index in [1.165, 1.54) is 0 Å². The number of fused-ring (bicyclic) bond motifs is 1. The standard InChI is InChI=1S/C14H13ClN4O/c15-11-3-1-9(2-4-11)13(20)19-6-5-10-7-17-14(16)18-12(10)8-19/h1-4,7H,5-6,8H2,(H2,16,17,18). The van der Waals surface area contributed by atoms with Gasteiger partial charge < -0.3 is 10.6 Å². The van der Waals surface area contributed by atoms with E-state index in [-0.39, 0.29) is 11.9 Å². The number of carbonyl (C=O) groups excluding carboxylic acids is 1. The Bertz CT molecular complexity index is 657. The van der Waals surface area contributed by atoms with Crippen molar-refractivity contribution in [2.24, 2.45) is 0 Å². The Labute approximate surface area is 121 Å². The van der Waals surface area contributed by atoms with E-state index in [9.17, 15) is 4.79 Å². The number of hydrogen-bond donors (Lipinski definition) is 1. The van der Waals surface area contributed by atoms with E-state index in [1.54, 1.807) is 35.4 Å². The van der Waals surface area contributed by atoms with E-state index in [2.05, 4.69) is 9.97 Å². The third-order valence-electron chi connectivity index (χ3n) is 3.34. The molecule has 0 unspecified atom stereocenters. The molecule has 102 valence electrons. The second-order valence-electron chi connectivity index (χ2n) is 4.68. The van der Waals surface area contributed by atoms with Gasteiger partial charge in [-0.2, -0.15) is 0 Å². The Morgan fingerprint density at radius 2 is 2.05 bits per heavy atom. The number of hydrogen-bond acceptors (Lipinski definition) is 4. The zero-order valence-electron chi connectivity index (χ0n) is 10.7. The highest BCUT2D eigenvalue weighted by Gasteiger charge is 2.23. The van der Waals surface area contributed by atoms with Crippen LogP contribution in [-0.4, -0.2) is 27.3 Å². The molecule has 0 saturated carbocycles. The van der Waals surface area contributed by atoms with Crippen LogP contribution in [0.2, 0.25) is 5.02 Å². The lowest BCUT2D eigenvalue weighted by atomic mass is 10.1. The van der Waals surface area contributed by atoms with Crippen LogP contribution in [0.15, 0.2) is 30.5 Å². The first-order chi connectivity index (χ1) is 9.63. The summed E-state index contributed by atoms with van der Waals surface area (Å²) in [6.07, 6.45) is 2.48. The first-order valence-corrected chi connectivity index (χ1v) is 6.66. The molecule has 0 bridgehead atoms. The first-order valence-electron chi connectivity index (χ1n) is 6.28. The topological polar surface area (TPSA) is 72.1 Å². The Balaban J connectivity index is 1.82. The minimum atomic E-state index is -0.0236. The molecule has 1 aliphatic rings. The summed E-state index contributed by atoms with van der Waals surface area (Å²) in [5.74, 6) is 0.217. The lowest BCUT2D eigenvalue weighted by molar-refractivity contribution is 0.0732. The molecular weight excluding hydrogens is 276 g/mol. The van der Waals surface area contributed by atoms with Gasteiger partial charge in [-0.25, -0.2) is 9.97 Å². The predicted molar refractivity (Wildman–Crippen MR) is 76.3 cm³/mol. The molecule has 0 spiro atoms. The van der Waals surface area contributed by atoms with Gasteiger partial charge in [0, 0.05) is 23.3 Å². The largest absolute Gasteiger partial charge is 0.368 e. The minimum absolute atomic E-state index is 0.0236. The van der Waals surface area contributed by atoms with Gasteiger partial charge in [0.25, 0.3) is 5.91 Å². The van der Waals surface area contributed by atoms with E-state index in [0.29, 0.717) is 23.7 Å². The van der Waals surface area contributed by atoms with Crippen molar-refractivity contribution in [3.8, 4) is 0 Å². The van der Waals surface area contributed by atoms with Gasteiger partial charge in [0.15, 0.2) is 0 Å². The number of anilines is 1. The summed E-state index contributed by atoms with van der Waals surface area (Å²) < 4.78 is 0. The maximum Gasteiger partial charge on any atom is 0.254 e. The SMILES string of the molecule is Nc1ncc2c(n1)CN(C(=O)c1ccc(Cl)cc1)CC2.